The normalized spacial score (nSPS) is 11.5. The number of benzene rings is 2. The molecule has 0 fully saturated rings. The molecule has 3 rings (SSSR count). The van der Waals surface area contributed by atoms with Gasteiger partial charge >= 0.3 is 0 Å². The summed E-state index contributed by atoms with van der Waals surface area (Å²) in [5.41, 5.74) is -0.896. The van der Waals surface area contributed by atoms with Crippen molar-refractivity contribution in [3.8, 4) is 28.1 Å². The van der Waals surface area contributed by atoms with Gasteiger partial charge in [-0.3, -0.25) is 4.79 Å². The monoisotopic (exact) mass is 496 g/mol. The lowest BCUT2D eigenvalue weighted by Gasteiger charge is -2.15. The third-order valence-electron chi connectivity index (χ3n) is 4.47. The minimum atomic E-state index is -4.00. The second-order valence-corrected chi connectivity index (χ2v) is 9.70. The van der Waals surface area contributed by atoms with Crippen molar-refractivity contribution in [3.63, 3.8) is 0 Å². The summed E-state index contributed by atoms with van der Waals surface area (Å²) >= 11 is 0. The van der Waals surface area contributed by atoms with Crippen molar-refractivity contribution in [2.24, 2.45) is 5.92 Å². The van der Waals surface area contributed by atoms with Gasteiger partial charge in [0, 0.05) is 29.0 Å². The van der Waals surface area contributed by atoms with E-state index in [9.17, 15) is 30.8 Å². The van der Waals surface area contributed by atoms with Gasteiger partial charge in [0.05, 0.1) is 18.4 Å². The van der Waals surface area contributed by atoms with E-state index in [-0.39, 0.29) is 40.7 Å². The number of rotatable bonds is 7. The number of nitrogens with one attached hydrogen (secondary N) is 1. The minimum absolute atomic E-state index is 0.0306. The molecule has 0 atom stereocenters. The molecule has 1 aromatic heterocycles. The second kappa shape index (κ2) is 9.80. The van der Waals surface area contributed by atoms with Crippen LogP contribution in [0.15, 0.2) is 42.6 Å². The number of amides is 1. The van der Waals surface area contributed by atoms with E-state index in [4.69, 9.17) is 4.74 Å². The molecule has 0 aliphatic carbocycles. The van der Waals surface area contributed by atoms with Crippen LogP contribution in [0.1, 0.15) is 24.2 Å². The predicted molar refractivity (Wildman–Crippen MR) is 118 cm³/mol. The van der Waals surface area contributed by atoms with E-state index < -0.39 is 44.8 Å². The first-order chi connectivity index (χ1) is 15.8. The molecule has 0 unspecified atom stereocenters. The van der Waals surface area contributed by atoms with Gasteiger partial charge in [-0.15, -0.1) is 0 Å². The average molecular weight is 496 g/mol. The van der Waals surface area contributed by atoms with Gasteiger partial charge in [0.2, 0.25) is 15.9 Å². The number of carbonyl (C=O) groups is 1. The molecule has 2 aromatic carbocycles. The van der Waals surface area contributed by atoms with Crippen molar-refractivity contribution in [1.29, 1.82) is 0 Å². The van der Waals surface area contributed by atoms with Crippen molar-refractivity contribution in [2.75, 3.05) is 12.9 Å². The fraction of sp³-hybridized carbons (Fsp3) is 0.217. The zero-order chi connectivity index (χ0) is 25.2. The lowest BCUT2D eigenvalue weighted by Crippen LogP contribution is -2.30. The first-order valence-corrected chi connectivity index (χ1v) is 11.8. The number of hydrogen-bond acceptors (Lipinski definition) is 5. The molecule has 1 N–H and O–H groups in total. The quantitative estimate of drug-likeness (QED) is 0.480. The molecular weight excluding hydrogens is 476 g/mol. The van der Waals surface area contributed by atoms with Gasteiger partial charge in [-0.1, -0.05) is 13.8 Å². The first-order valence-electron chi connectivity index (χ1n) is 9.95. The lowest BCUT2D eigenvalue weighted by atomic mass is 9.99. The van der Waals surface area contributed by atoms with Crippen LogP contribution >= 0.6 is 0 Å². The van der Waals surface area contributed by atoms with Gasteiger partial charge in [0.1, 0.15) is 23.3 Å². The van der Waals surface area contributed by atoms with E-state index in [0.717, 1.165) is 12.1 Å². The molecule has 0 radical (unpaired) electrons. The second-order valence-electron chi connectivity index (χ2n) is 7.95. The van der Waals surface area contributed by atoms with Crippen LogP contribution < -0.4 is 9.46 Å². The zero-order valence-corrected chi connectivity index (χ0v) is 19.1. The Morgan fingerprint density at radius 3 is 2.18 bits per heavy atom. The molecule has 0 saturated heterocycles. The first kappa shape index (κ1) is 25.2. The Labute approximate surface area is 193 Å². The highest BCUT2D eigenvalue weighted by Gasteiger charge is 2.21. The minimum Gasteiger partial charge on any atom is -0.477 e. The fourth-order valence-electron chi connectivity index (χ4n) is 3.04. The summed E-state index contributed by atoms with van der Waals surface area (Å²) in [4.78, 5) is 16.1. The van der Waals surface area contributed by atoms with Crippen LogP contribution in [0, 0.1) is 29.2 Å². The molecular formula is C23H20F4N2O4S. The number of pyridine rings is 1. The number of carbonyl (C=O) groups excluding carboxylic acids is 1. The van der Waals surface area contributed by atoms with Crippen molar-refractivity contribution in [2.45, 2.75) is 13.8 Å². The maximum Gasteiger partial charge on any atom is 0.267 e. The molecule has 1 amide bonds. The SMILES string of the molecule is CC(C)COc1ncc(-c2cc(F)c(C(=O)NS(C)(=O)=O)cc2F)cc1-c1cc(F)cc(F)c1. The highest BCUT2D eigenvalue weighted by atomic mass is 32.2. The summed E-state index contributed by atoms with van der Waals surface area (Å²) in [6.07, 6.45) is 1.88. The average Bonchev–Trinajstić information content (AvgIpc) is 2.71. The highest BCUT2D eigenvalue weighted by Crippen LogP contribution is 2.35. The van der Waals surface area contributed by atoms with Gasteiger partial charge in [0.25, 0.3) is 5.91 Å². The Bertz CT molecular complexity index is 1340. The number of sulfonamides is 1. The number of nitrogens with zero attached hydrogens (tertiary/aromatic N) is 1. The van der Waals surface area contributed by atoms with Crippen molar-refractivity contribution < 1.29 is 35.5 Å². The van der Waals surface area contributed by atoms with Crippen LogP contribution in [-0.2, 0) is 10.0 Å². The smallest absolute Gasteiger partial charge is 0.267 e. The molecule has 0 aliphatic rings. The van der Waals surface area contributed by atoms with Crippen LogP contribution in [0.2, 0.25) is 0 Å². The lowest BCUT2D eigenvalue weighted by molar-refractivity contribution is 0.0977. The maximum absolute atomic E-state index is 14.9. The van der Waals surface area contributed by atoms with Gasteiger partial charge in [0.15, 0.2) is 0 Å². The Balaban J connectivity index is 2.11. The van der Waals surface area contributed by atoms with Crippen LogP contribution in [0.4, 0.5) is 17.6 Å². The van der Waals surface area contributed by atoms with E-state index in [1.165, 1.54) is 12.3 Å². The summed E-state index contributed by atoms with van der Waals surface area (Å²) in [5.74, 6) is -5.13. The third-order valence-corrected chi connectivity index (χ3v) is 5.02. The van der Waals surface area contributed by atoms with Gasteiger partial charge in [-0.2, -0.15) is 0 Å². The van der Waals surface area contributed by atoms with Crippen LogP contribution in [0.25, 0.3) is 22.3 Å². The zero-order valence-electron chi connectivity index (χ0n) is 18.3. The van der Waals surface area contributed by atoms with Gasteiger partial charge < -0.3 is 4.74 Å². The molecule has 0 aliphatic heterocycles. The van der Waals surface area contributed by atoms with Gasteiger partial charge in [-0.25, -0.2) is 35.7 Å². The predicted octanol–water partition coefficient (Wildman–Crippen LogP) is 4.70. The number of hydrogen-bond donors (Lipinski definition) is 1. The summed E-state index contributed by atoms with van der Waals surface area (Å²) in [5, 5.41) is 0. The molecule has 34 heavy (non-hydrogen) atoms. The Morgan fingerprint density at radius 1 is 0.941 bits per heavy atom. The van der Waals surface area contributed by atoms with Crippen molar-refractivity contribution >= 4 is 15.9 Å². The summed E-state index contributed by atoms with van der Waals surface area (Å²) < 4.78 is 86.8. The molecule has 11 heteroatoms. The Hall–Kier alpha value is -3.47. The third kappa shape index (κ3) is 6.10. The molecule has 3 aromatic rings. The molecule has 0 saturated carbocycles. The van der Waals surface area contributed by atoms with E-state index in [1.54, 1.807) is 4.72 Å². The summed E-state index contributed by atoms with van der Waals surface area (Å²) in [7, 11) is -4.00. The van der Waals surface area contributed by atoms with Crippen LogP contribution in [0.5, 0.6) is 5.88 Å². The summed E-state index contributed by atoms with van der Waals surface area (Å²) in [6.45, 7) is 4.01. The molecule has 1 heterocycles. The number of aromatic nitrogens is 1. The largest absolute Gasteiger partial charge is 0.477 e. The van der Waals surface area contributed by atoms with E-state index in [1.807, 2.05) is 13.8 Å². The standard InChI is InChI=1S/C23H20F4N2O4S/c1-12(2)11-33-23-18(13-4-15(24)7-16(25)5-13)6-14(10-28-23)17-8-21(27)19(9-20(17)26)22(30)29-34(3,31)32/h4-10,12H,11H2,1-3H3,(H,29,30). The maximum atomic E-state index is 14.9. The molecule has 0 bridgehead atoms. The van der Waals surface area contributed by atoms with Gasteiger partial charge in [-0.05, 0) is 41.8 Å². The van der Waals surface area contributed by atoms with Crippen LogP contribution in [0.3, 0.4) is 0 Å². The molecule has 0 spiro atoms. The summed E-state index contributed by atoms with van der Waals surface area (Å²) in [6, 6.07) is 5.35. The van der Waals surface area contributed by atoms with E-state index in [2.05, 4.69) is 4.98 Å². The van der Waals surface area contributed by atoms with Crippen molar-refractivity contribution in [3.05, 3.63) is 71.4 Å². The Kier molecular flexibility index (Phi) is 7.25. The number of halogens is 4. The topological polar surface area (TPSA) is 85.4 Å². The van der Waals surface area contributed by atoms with Crippen molar-refractivity contribution in [1.82, 2.24) is 9.71 Å². The molecule has 6 nitrogen and oxygen atoms in total. The molecule has 180 valence electrons. The highest BCUT2D eigenvalue weighted by molar-refractivity contribution is 7.89. The van der Waals surface area contributed by atoms with E-state index in [0.29, 0.717) is 24.5 Å². The fourth-order valence-corrected chi connectivity index (χ4v) is 3.49. The van der Waals surface area contributed by atoms with Crippen LogP contribution in [-0.4, -0.2) is 32.2 Å². The number of ether oxygens (including phenoxy) is 1. The Morgan fingerprint density at radius 2 is 1.59 bits per heavy atom. The van der Waals surface area contributed by atoms with E-state index >= 15 is 0 Å².